The molecule has 0 fully saturated rings. The Bertz CT molecular complexity index is 1340. The average Bonchev–Trinajstić information content (AvgIpc) is 3.34. The van der Waals surface area contributed by atoms with Gasteiger partial charge in [0.1, 0.15) is 11.4 Å². The third-order valence-corrected chi connectivity index (χ3v) is 6.48. The summed E-state index contributed by atoms with van der Waals surface area (Å²) in [7, 11) is 0. The van der Waals surface area contributed by atoms with Gasteiger partial charge in [0.15, 0.2) is 0 Å². The molecule has 0 saturated carbocycles. The number of para-hydroxylation sites is 3. The minimum absolute atomic E-state index is 0.0916. The van der Waals surface area contributed by atoms with Crippen molar-refractivity contribution in [2.24, 2.45) is 0 Å². The molecule has 2 heterocycles. The van der Waals surface area contributed by atoms with Crippen LogP contribution >= 0.6 is 0 Å². The summed E-state index contributed by atoms with van der Waals surface area (Å²) in [6.07, 6.45) is 0.736. The molecular formula is C29H28N2O3. The Morgan fingerprint density at radius 2 is 1.53 bits per heavy atom. The zero-order chi connectivity index (χ0) is 24.0. The molecule has 5 nitrogen and oxygen atoms in total. The summed E-state index contributed by atoms with van der Waals surface area (Å²) in [5, 5.41) is 0. The van der Waals surface area contributed by atoms with Crippen LogP contribution in [0, 0.1) is 13.8 Å². The number of hydrogen-bond acceptors (Lipinski definition) is 4. The summed E-state index contributed by atoms with van der Waals surface area (Å²) < 4.78 is 5.97. The normalized spacial score (nSPS) is 15.6. The molecule has 0 aliphatic carbocycles. The molecule has 0 radical (unpaired) electrons. The highest BCUT2D eigenvalue weighted by Crippen LogP contribution is 2.42. The zero-order valence-corrected chi connectivity index (χ0v) is 20.0. The van der Waals surface area contributed by atoms with Gasteiger partial charge in [-0.1, -0.05) is 48.5 Å². The summed E-state index contributed by atoms with van der Waals surface area (Å²) >= 11 is 0. The quantitative estimate of drug-likeness (QED) is 0.484. The van der Waals surface area contributed by atoms with Crippen LogP contribution in [0.4, 0.5) is 11.4 Å². The number of carbonyl (C=O) groups is 2. The first kappa shape index (κ1) is 22.0. The Labute approximate surface area is 200 Å². The maximum absolute atomic E-state index is 14.0. The minimum atomic E-state index is -0.326. The van der Waals surface area contributed by atoms with Gasteiger partial charge in [-0.05, 0) is 74.6 Å². The van der Waals surface area contributed by atoms with Crippen molar-refractivity contribution in [3.8, 4) is 5.75 Å². The number of hydrogen-bond donors (Lipinski definition) is 0. The molecule has 5 rings (SSSR count). The second-order valence-electron chi connectivity index (χ2n) is 9.13. The molecule has 3 aromatic carbocycles. The zero-order valence-electron chi connectivity index (χ0n) is 20.0. The molecule has 2 amide bonds. The van der Waals surface area contributed by atoms with Crippen LogP contribution in [0.15, 0.2) is 72.4 Å². The number of rotatable bonds is 5. The molecule has 0 atom stereocenters. The van der Waals surface area contributed by atoms with Gasteiger partial charge in [-0.15, -0.1) is 0 Å². The van der Waals surface area contributed by atoms with Crippen LogP contribution in [0.3, 0.4) is 0 Å². The van der Waals surface area contributed by atoms with Crippen LogP contribution in [0.2, 0.25) is 0 Å². The van der Waals surface area contributed by atoms with Crippen LogP contribution in [0.1, 0.15) is 36.1 Å². The number of aryl methyl sites for hydroxylation is 2. The van der Waals surface area contributed by atoms with Gasteiger partial charge in [0, 0.05) is 12.2 Å². The smallest absolute Gasteiger partial charge is 0.282 e. The summed E-state index contributed by atoms with van der Waals surface area (Å²) in [6, 6.07) is 21.3. The maximum atomic E-state index is 14.0. The van der Waals surface area contributed by atoms with Gasteiger partial charge in [0.2, 0.25) is 0 Å². The van der Waals surface area contributed by atoms with E-state index in [4.69, 9.17) is 4.74 Å². The van der Waals surface area contributed by atoms with E-state index in [1.807, 2.05) is 81.1 Å². The lowest BCUT2D eigenvalue weighted by molar-refractivity contribution is -0.120. The first-order valence-corrected chi connectivity index (χ1v) is 11.7. The van der Waals surface area contributed by atoms with E-state index in [0.29, 0.717) is 29.3 Å². The maximum Gasteiger partial charge on any atom is 0.282 e. The van der Waals surface area contributed by atoms with Gasteiger partial charge < -0.3 is 9.64 Å². The number of benzene rings is 3. The molecule has 0 unspecified atom stereocenters. The molecule has 0 N–H and O–H groups in total. The fourth-order valence-corrected chi connectivity index (χ4v) is 4.71. The molecule has 172 valence electrons. The van der Waals surface area contributed by atoms with Crippen molar-refractivity contribution in [2.45, 2.75) is 40.2 Å². The van der Waals surface area contributed by atoms with Gasteiger partial charge in [-0.3, -0.25) is 9.59 Å². The van der Waals surface area contributed by atoms with E-state index in [2.05, 4.69) is 6.07 Å². The van der Waals surface area contributed by atoms with Crippen molar-refractivity contribution >= 4 is 28.8 Å². The van der Waals surface area contributed by atoms with Crippen molar-refractivity contribution in [1.82, 2.24) is 0 Å². The van der Waals surface area contributed by atoms with Gasteiger partial charge >= 0.3 is 0 Å². The molecule has 5 heteroatoms. The van der Waals surface area contributed by atoms with Gasteiger partial charge in [-0.25, -0.2) is 4.90 Å². The van der Waals surface area contributed by atoms with Crippen molar-refractivity contribution in [3.63, 3.8) is 0 Å². The third kappa shape index (κ3) is 3.58. The first-order valence-electron chi connectivity index (χ1n) is 11.7. The van der Waals surface area contributed by atoms with Crippen molar-refractivity contribution in [1.29, 1.82) is 0 Å². The van der Waals surface area contributed by atoms with Gasteiger partial charge in [0.05, 0.1) is 17.4 Å². The fraction of sp³-hybridized carbons (Fsp3) is 0.241. The lowest BCUT2D eigenvalue weighted by Gasteiger charge is -2.23. The van der Waals surface area contributed by atoms with E-state index >= 15 is 0 Å². The van der Waals surface area contributed by atoms with E-state index < -0.39 is 0 Å². The fourth-order valence-electron chi connectivity index (χ4n) is 4.71. The number of nitrogens with zero attached hydrogens (tertiary/aromatic N) is 2. The molecular weight excluding hydrogens is 424 g/mol. The number of anilines is 2. The van der Waals surface area contributed by atoms with E-state index in [1.54, 1.807) is 12.1 Å². The van der Waals surface area contributed by atoms with Gasteiger partial charge in [0.25, 0.3) is 11.8 Å². The molecule has 34 heavy (non-hydrogen) atoms. The highest BCUT2D eigenvalue weighted by atomic mass is 16.5. The average molecular weight is 453 g/mol. The number of fused-ring (bicyclic) bond motifs is 1. The Morgan fingerprint density at radius 3 is 2.26 bits per heavy atom. The van der Waals surface area contributed by atoms with Crippen LogP contribution in [0.5, 0.6) is 5.75 Å². The molecule has 0 aromatic heterocycles. The topological polar surface area (TPSA) is 49.9 Å². The van der Waals surface area contributed by atoms with Crippen LogP contribution in [-0.4, -0.2) is 24.5 Å². The Kier molecular flexibility index (Phi) is 5.48. The standard InChI is InChI=1S/C29H28N2O3/c1-18(2)34-25-12-8-7-11-24(25)31-28(32)26(22-14-13-19(3)20(4)17-22)27(29(31)33)30-16-15-21-9-5-6-10-23(21)30/h5-14,17-18H,15-16H2,1-4H3. The highest BCUT2D eigenvalue weighted by Gasteiger charge is 2.45. The predicted molar refractivity (Wildman–Crippen MR) is 135 cm³/mol. The Hall–Kier alpha value is -3.86. The van der Waals surface area contributed by atoms with Crippen molar-refractivity contribution in [3.05, 3.63) is 94.7 Å². The third-order valence-electron chi connectivity index (χ3n) is 6.48. The first-order chi connectivity index (χ1) is 16.4. The number of imide groups is 1. The van der Waals surface area contributed by atoms with Crippen LogP contribution in [-0.2, 0) is 16.0 Å². The summed E-state index contributed by atoms with van der Waals surface area (Å²) in [5.74, 6) is -0.135. The molecule has 2 aliphatic rings. The largest absolute Gasteiger partial charge is 0.489 e. The van der Waals surface area contributed by atoms with Crippen molar-refractivity contribution < 1.29 is 14.3 Å². The summed E-state index contributed by atoms with van der Waals surface area (Å²) in [6.45, 7) is 8.57. The molecule has 3 aromatic rings. The Morgan fingerprint density at radius 1 is 0.824 bits per heavy atom. The van der Waals surface area contributed by atoms with E-state index in [-0.39, 0.29) is 17.9 Å². The number of amides is 2. The van der Waals surface area contributed by atoms with Crippen molar-refractivity contribution in [2.75, 3.05) is 16.3 Å². The number of carbonyl (C=O) groups excluding carboxylic acids is 2. The Balaban J connectivity index is 1.69. The summed E-state index contributed by atoms with van der Waals surface area (Å²) in [5.41, 5.74) is 6.46. The van der Waals surface area contributed by atoms with Crippen LogP contribution < -0.4 is 14.5 Å². The van der Waals surface area contributed by atoms with E-state index in [1.165, 1.54) is 10.5 Å². The lowest BCUT2D eigenvalue weighted by Crippen LogP contribution is -2.35. The highest BCUT2D eigenvalue weighted by molar-refractivity contribution is 6.46. The molecule has 2 aliphatic heterocycles. The van der Waals surface area contributed by atoms with E-state index in [9.17, 15) is 9.59 Å². The second kappa shape index (κ2) is 8.49. The van der Waals surface area contributed by atoms with Gasteiger partial charge in [-0.2, -0.15) is 0 Å². The van der Waals surface area contributed by atoms with Crippen LogP contribution in [0.25, 0.3) is 5.57 Å². The number of ether oxygens (including phenoxy) is 1. The summed E-state index contributed by atoms with van der Waals surface area (Å²) in [4.78, 5) is 31.3. The minimum Gasteiger partial charge on any atom is -0.489 e. The molecule has 0 saturated heterocycles. The predicted octanol–water partition coefficient (Wildman–Crippen LogP) is 5.44. The van der Waals surface area contributed by atoms with E-state index in [0.717, 1.165) is 28.8 Å². The SMILES string of the molecule is Cc1ccc(C2=C(N3CCc4ccccc43)C(=O)N(c3ccccc3OC(C)C)C2=O)cc1C. The lowest BCUT2D eigenvalue weighted by atomic mass is 9.99. The molecule has 0 spiro atoms. The molecule has 0 bridgehead atoms. The monoisotopic (exact) mass is 452 g/mol. The second-order valence-corrected chi connectivity index (χ2v) is 9.13.